The molecule has 2 rings (SSSR count). The van der Waals surface area contributed by atoms with E-state index in [1.54, 1.807) is 57.1 Å². The summed E-state index contributed by atoms with van der Waals surface area (Å²) in [5.74, 6) is -0.448. The van der Waals surface area contributed by atoms with Gasteiger partial charge in [-0.25, -0.2) is 14.4 Å². The summed E-state index contributed by atoms with van der Waals surface area (Å²) in [6, 6.07) is 5.92. The highest BCUT2D eigenvalue weighted by molar-refractivity contribution is 5.95. The molecule has 0 saturated carbocycles. The van der Waals surface area contributed by atoms with Crippen LogP contribution in [0.5, 0.6) is 0 Å². The molecule has 1 aromatic rings. The van der Waals surface area contributed by atoms with Gasteiger partial charge in [-0.1, -0.05) is 19.1 Å². The van der Waals surface area contributed by atoms with Crippen LogP contribution in [0.25, 0.3) is 0 Å². The van der Waals surface area contributed by atoms with Crippen molar-refractivity contribution in [3.05, 3.63) is 41.1 Å². The van der Waals surface area contributed by atoms with E-state index in [4.69, 9.17) is 4.74 Å². The summed E-state index contributed by atoms with van der Waals surface area (Å²) in [7, 11) is 3.31. The van der Waals surface area contributed by atoms with E-state index in [9.17, 15) is 14.4 Å². The Morgan fingerprint density at radius 3 is 2.39 bits per heavy atom. The van der Waals surface area contributed by atoms with Gasteiger partial charge >= 0.3 is 18.0 Å². The molecular formula is C20H28N4O4. The number of ether oxygens (including phenoxy) is 1. The molecule has 0 bridgehead atoms. The Labute approximate surface area is 165 Å². The summed E-state index contributed by atoms with van der Waals surface area (Å²) >= 11 is 0. The quantitative estimate of drug-likeness (QED) is 0.733. The highest BCUT2D eigenvalue weighted by Gasteiger charge is 2.36. The Balaban J connectivity index is 2.37. The topological polar surface area (TPSA) is 91.0 Å². The predicted octanol–water partition coefficient (Wildman–Crippen LogP) is 3.09. The van der Waals surface area contributed by atoms with Gasteiger partial charge in [0.15, 0.2) is 0 Å². The molecular weight excluding hydrogens is 360 g/mol. The molecule has 1 aromatic carbocycles. The molecule has 8 heteroatoms. The van der Waals surface area contributed by atoms with E-state index in [2.05, 4.69) is 10.6 Å². The number of amides is 4. The number of urea groups is 2. The normalized spacial score (nSPS) is 16.5. The standard InChI is InChI=1S/C20H28N4O4/c1-6-12-24-13(3)16(18(25)28-7-2)17(22-20(24)27)14-8-10-15(11-9-14)21-19(26)23(4)5/h8-11,17H,6-7,12H2,1-5H3,(H,21,26)(H,22,27). The predicted molar refractivity (Wildman–Crippen MR) is 107 cm³/mol. The summed E-state index contributed by atoms with van der Waals surface area (Å²) in [6.45, 7) is 6.25. The van der Waals surface area contributed by atoms with Crippen molar-refractivity contribution in [1.29, 1.82) is 0 Å². The van der Waals surface area contributed by atoms with Crippen molar-refractivity contribution in [3.63, 3.8) is 0 Å². The highest BCUT2D eigenvalue weighted by Crippen LogP contribution is 2.32. The number of benzene rings is 1. The van der Waals surface area contributed by atoms with Crippen LogP contribution in [0.3, 0.4) is 0 Å². The lowest BCUT2D eigenvalue weighted by Gasteiger charge is -2.35. The molecule has 0 radical (unpaired) electrons. The Morgan fingerprint density at radius 2 is 1.86 bits per heavy atom. The maximum absolute atomic E-state index is 12.6. The molecule has 1 heterocycles. The minimum absolute atomic E-state index is 0.239. The Morgan fingerprint density at radius 1 is 1.21 bits per heavy atom. The smallest absolute Gasteiger partial charge is 0.338 e. The average Bonchev–Trinajstić information content (AvgIpc) is 2.65. The molecule has 0 fully saturated rings. The van der Waals surface area contributed by atoms with Gasteiger partial charge in [-0.3, -0.25) is 4.90 Å². The molecule has 28 heavy (non-hydrogen) atoms. The Kier molecular flexibility index (Phi) is 7.03. The van der Waals surface area contributed by atoms with E-state index in [-0.39, 0.29) is 18.7 Å². The van der Waals surface area contributed by atoms with Gasteiger partial charge in [0.1, 0.15) is 0 Å². The number of carbonyl (C=O) groups excluding carboxylic acids is 3. The first-order chi connectivity index (χ1) is 13.3. The van der Waals surface area contributed by atoms with Crippen molar-refractivity contribution in [1.82, 2.24) is 15.1 Å². The number of esters is 1. The second kappa shape index (κ2) is 9.25. The van der Waals surface area contributed by atoms with Gasteiger partial charge < -0.3 is 20.3 Å². The van der Waals surface area contributed by atoms with Crippen molar-refractivity contribution in [2.75, 3.05) is 32.6 Å². The third-order valence-corrected chi connectivity index (χ3v) is 4.44. The lowest BCUT2D eigenvalue weighted by molar-refractivity contribution is -0.139. The van der Waals surface area contributed by atoms with Gasteiger partial charge in [0.05, 0.1) is 18.2 Å². The van der Waals surface area contributed by atoms with Gasteiger partial charge in [-0.05, 0) is 38.0 Å². The van der Waals surface area contributed by atoms with E-state index in [1.807, 2.05) is 6.92 Å². The number of allylic oxidation sites excluding steroid dienone is 1. The molecule has 1 unspecified atom stereocenters. The number of hydrogen-bond donors (Lipinski definition) is 2. The SMILES string of the molecule is CCCN1C(=O)NC(c2ccc(NC(=O)N(C)C)cc2)C(C(=O)OCC)=C1C. The molecule has 0 aromatic heterocycles. The number of nitrogens with zero attached hydrogens (tertiary/aromatic N) is 2. The monoisotopic (exact) mass is 388 g/mol. The van der Waals surface area contributed by atoms with Crippen LogP contribution < -0.4 is 10.6 Å². The second-order valence-electron chi connectivity index (χ2n) is 6.70. The van der Waals surface area contributed by atoms with Gasteiger partial charge in [-0.15, -0.1) is 0 Å². The average molecular weight is 388 g/mol. The Hall–Kier alpha value is -3.03. The third-order valence-electron chi connectivity index (χ3n) is 4.44. The second-order valence-corrected chi connectivity index (χ2v) is 6.70. The molecule has 4 amide bonds. The number of rotatable bonds is 6. The lowest BCUT2D eigenvalue weighted by Crippen LogP contribution is -2.48. The molecule has 0 aliphatic carbocycles. The summed E-state index contributed by atoms with van der Waals surface area (Å²) in [5.41, 5.74) is 2.37. The molecule has 0 saturated heterocycles. The maximum atomic E-state index is 12.6. The van der Waals surface area contributed by atoms with Crippen molar-refractivity contribution < 1.29 is 19.1 Å². The molecule has 1 aliphatic heterocycles. The minimum atomic E-state index is -0.613. The summed E-state index contributed by atoms with van der Waals surface area (Å²) in [6.07, 6.45) is 0.770. The molecule has 1 aliphatic rings. The van der Waals surface area contributed by atoms with E-state index >= 15 is 0 Å². The Bertz CT molecular complexity index is 771. The third kappa shape index (κ3) is 4.62. The molecule has 152 valence electrons. The van der Waals surface area contributed by atoms with E-state index in [0.29, 0.717) is 23.5 Å². The number of hydrogen-bond acceptors (Lipinski definition) is 4. The minimum Gasteiger partial charge on any atom is -0.463 e. The fraction of sp³-hybridized carbons (Fsp3) is 0.450. The van der Waals surface area contributed by atoms with Crippen LogP contribution in [-0.2, 0) is 9.53 Å². The highest BCUT2D eigenvalue weighted by atomic mass is 16.5. The fourth-order valence-electron chi connectivity index (χ4n) is 2.99. The van der Waals surface area contributed by atoms with Crippen LogP contribution in [0.15, 0.2) is 35.5 Å². The van der Waals surface area contributed by atoms with Gasteiger partial charge in [0, 0.05) is 32.0 Å². The molecule has 8 nitrogen and oxygen atoms in total. The van der Waals surface area contributed by atoms with E-state index in [1.165, 1.54) is 4.90 Å². The summed E-state index contributed by atoms with van der Waals surface area (Å²) in [5, 5.41) is 5.65. The summed E-state index contributed by atoms with van der Waals surface area (Å²) < 4.78 is 5.23. The molecule has 0 spiro atoms. The van der Waals surface area contributed by atoms with Gasteiger partial charge in [0.25, 0.3) is 0 Å². The van der Waals surface area contributed by atoms with E-state index < -0.39 is 12.0 Å². The van der Waals surface area contributed by atoms with Crippen molar-refractivity contribution in [2.45, 2.75) is 33.2 Å². The zero-order valence-corrected chi connectivity index (χ0v) is 17.0. The van der Waals surface area contributed by atoms with Crippen LogP contribution >= 0.6 is 0 Å². The van der Waals surface area contributed by atoms with Crippen molar-refractivity contribution >= 4 is 23.7 Å². The maximum Gasteiger partial charge on any atom is 0.338 e. The van der Waals surface area contributed by atoms with Gasteiger partial charge in [-0.2, -0.15) is 0 Å². The number of anilines is 1. The largest absolute Gasteiger partial charge is 0.463 e. The first kappa shape index (κ1) is 21.3. The van der Waals surface area contributed by atoms with Crippen LogP contribution in [0.4, 0.5) is 15.3 Å². The lowest BCUT2D eigenvalue weighted by atomic mass is 9.94. The van der Waals surface area contributed by atoms with Crippen LogP contribution in [0.1, 0.15) is 38.8 Å². The van der Waals surface area contributed by atoms with Crippen LogP contribution in [0, 0.1) is 0 Å². The molecule has 1 atom stereocenters. The number of nitrogens with one attached hydrogen (secondary N) is 2. The van der Waals surface area contributed by atoms with Crippen molar-refractivity contribution in [2.24, 2.45) is 0 Å². The first-order valence-corrected chi connectivity index (χ1v) is 9.34. The zero-order valence-electron chi connectivity index (χ0n) is 17.0. The van der Waals surface area contributed by atoms with Crippen molar-refractivity contribution in [3.8, 4) is 0 Å². The van der Waals surface area contributed by atoms with Crippen LogP contribution in [-0.4, -0.2) is 55.1 Å². The first-order valence-electron chi connectivity index (χ1n) is 9.34. The van der Waals surface area contributed by atoms with Crippen LogP contribution in [0.2, 0.25) is 0 Å². The zero-order chi connectivity index (χ0) is 20.8. The van der Waals surface area contributed by atoms with E-state index in [0.717, 1.165) is 12.0 Å². The fourth-order valence-corrected chi connectivity index (χ4v) is 2.99. The number of carbonyl (C=O) groups is 3. The van der Waals surface area contributed by atoms with Gasteiger partial charge in [0.2, 0.25) is 0 Å². The summed E-state index contributed by atoms with van der Waals surface area (Å²) in [4.78, 5) is 39.9. The molecule has 2 N–H and O–H groups in total.